The fourth-order valence-corrected chi connectivity index (χ4v) is 11.0. The number of hydrogen-bond acceptors (Lipinski definition) is 4. The Bertz CT molecular complexity index is 1080. The summed E-state index contributed by atoms with van der Waals surface area (Å²) >= 11 is 1.60. The molecule has 0 bridgehead atoms. The van der Waals surface area contributed by atoms with E-state index in [2.05, 4.69) is 50.6 Å². The van der Waals surface area contributed by atoms with E-state index in [0.29, 0.717) is 22.8 Å². The van der Waals surface area contributed by atoms with Crippen molar-refractivity contribution >= 4 is 17.2 Å². The third-order valence-corrected chi connectivity index (χ3v) is 13.5. The molecule has 0 radical (unpaired) electrons. The van der Waals surface area contributed by atoms with Crippen LogP contribution in [-0.2, 0) is 0 Å². The maximum atomic E-state index is 13.5. The molecular formula is C31H47N3OS. The van der Waals surface area contributed by atoms with Crippen LogP contribution in [0.4, 0.5) is 0 Å². The Morgan fingerprint density at radius 3 is 2.64 bits per heavy atom. The highest BCUT2D eigenvalue weighted by Gasteiger charge is 2.64. The van der Waals surface area contributed by atoms with Crippen LogP contribution in [0.2, 0.25) is 0 Å². The molecule has 198 valence electrons. The highest BCUT2D eigenvalue weighted by atomic mass is 32.1. The number of carbonyl (C=O) groups excluding carboxylic acids is 1. The number of likely N-dealkylation sites (tertiary alicyclic amines) is 1. The molecule has 4 nitrogen and oxygen atoms in total. The number of fused-ring (bicyclic) bond motifs is 4. The van der Waals surface area contributed by atoms with Crippen LogP contribution >= 0.6 is 11.3 Å². The van der Waals surface area contributed by atoms with Crippen molar-refractivity contribution in [2.45, 2.75) is 104 Å². The van der Waals surface area contributed by atoms with E-state index in [-0.39, 0.29) is 5.91 Å². The Morgan fingerprint density at radius 1 is 1.17 bits per heavy atom. The van der Waals surface area contributed by atoms with Gasteiger partial charge in [-0.25, -0.2) is 4.98 Å². The van der Waals surface area contributed by atoms with Gasteiger partial charge in [-0.1, -0.05) is 32.4 Å². The van der Waals surface area contributed by atoms with E-state index in [1.54, 1.807) is 16.9 Å². The lowest BCUT2D eigenvalue weighted by atomic mass is 9.47. The second kappa shape index (κ2) is 8.66. The lowest BCUT2D eigenvalue weighted by Gasteiger charge is -2.58. The predicted octanol–water partition coefficient (Wildman–Crippen LogP) is 6.91. The molecule has 6 rings (SSSR count). The summed E-state index contributed by atoms with van der Waals surface area (Å²) < 4.78 is 0. The predicted molar refractivity (Wildman–Crippen MR) is 148 cm³/mol. The lowest BCUT2D eigenvalue weighted by Crippen LogP contribution is -2.53. The van der Waals surface area contributed by atoms with E-state index in [4.69, 9.17) is 4.98 Å². The van der Waals surface area contributed by atoms with Gasteiger partial charge in [0.15, 0.2) is 0 Å². The van der Waals surface area contributed by atoms with Crippen LogP contribution in [0.25, 0.3) is 0 Å². The van der Waals surface area contributed by atoms with Gasteiger partial charge in [-0.2, -0.15) is 0 Å². The summed E-state index contributed by atoms with van der Waals surface area (Å²) in [5.74, 6) is 4.11. The summed E-state index contributed by atoms with van der Waals surface area (Å²) in [7, 11) is 4.41. The minimum absolute atomic E-state index is 0.177. The second-order valence-corrected chi connectivity index (χ2v) is 14.8. The van der Waals surface area contributed by atoms with E-state index >= 15 is 0 Å². The summed E-state index contributed by atoms with van der Waals surface area (Å²) in [4.78, 5) is 23.8. The van der Waals surface area contributed by atoms with Crippen molar-refractivity contribution < 1.29 is 4.79 Å². The van der Waals surface area contributed by atoms with E-state index in [9.17, 15) is 4.79 Å². The molecule has 4 aliphatic carbocycles. The fourth-order valence-electron chi connectivity index (χ4n) is 9.96. The van der Waals surface area contributed by atoms with Gasteiger partial charge in [0.05, 0.1) is 10.7 Å². The molecule has 1 aromatic rings. The van der Waals surface area contributed by atoms with Crippen LogP contribution in [0.3, 0.4) is 0 Å². The number of amides is 1. The van der Waals surface area contributed by atoms with Crippen molar-refractivity contribution in [2.75, 3.05) is 20.6 Å². The molecule has 1 aromatic heterocycles. The number of aromatic nitrogens is 1. The molecule has 8 atom stereocenters. The van der Waals surface area contributed by atoms with Gasteiger partial charge in [0.2, 0.25) is 0 Å². The van der Waals surface area contributed by atoms with Crippen LogP contribution in [0, 0.1) is 41.4 Å². The molecule has 8 unspecified atom stereocenters. The zero-order chi connectivity index (χ0) is 25.6. The topological polar surface area (TPSA) is 36.4 Å². The maximum absolute atomic E-state index is 13.5. The molecule has 5 heteroatoms. The Balaban J connectivity index is 1.21. The first kappa shape index (κ1) is 25.1. The molecule has 4 fully saturated rings. The van der Waals surface area contributed by atoms with E-state index in [0.717, 1.165) is 58.1 Å². The second-order valence-electron chi connectivity index (χ2n) is 13.8. The van der Waals surface area contributed by atoms with Crippen LogP contribution < -0.4 is 0 Å². The Kier molecular flexibility index (Phi) is 6.04. The number of aryl methyl sites for hydroxylation is 1. The van der Waals surface area contributed by atoms with Gasteiger partial charge < -0.3 is 9.80 Å². The molecular weight excluding hydrogens is 462 g/mol. The SMILES string of the molecule is Cc1nc(C(C)C)sc1C(=O)N(C)C1CCC2(C)C(=CCC3C2CCC24CN(C)C(C)C2CCC34)C1. The smallest absolute Gasteiger partial charge is 0.265 e. The van der Waals surface area contributed by atoms with Gasteiger partial charge in [0, 0.05) is 31.6 Å². The zero-order valence-corrected chi connectivity index (χ0v) is 24.5. The van der Waals surface area contributed by atoms with Crippen molar-refractivity contribution in [1.82, 2.24) is 14.8 Å². The maximum Gasteiger partial charge on any atom is 0.265 e. The third-order valence-electron chi connectivity index (χ3n) is 12.1. The van der Waals surface area contributed by atoms with E-state index in [1.165, 1.54) is 45.1 Å². The quantitative estimate of drug-likeness (QED) is 0.416. The standard InChI is InChI=1S/C31H47N3OS/c1-18(2)28-32-19(3)27(36-28)29(35)34(7)22-12-14-30(5)21(16-22)8-9-23-25(30)13-15-31-17-33(6)20(4)24(31)10-11-26(23)31/h8,18,20,22-26H,9-17H2,1-7H3. The molecule has 5 aliphatic rings. The fraction of sp³-hybridized carbons (Fsp3) is 0.806. The first-order valence-electron chi connectivity index (χ1n) is 14.7. The summed E-state index contributed by atoms with van der Waals surface area (Å²) in [6.45, 7) is 12.7. The highest BCUT2D eigenvalue weighted by molar-refractivity contribution is 7.13. The summed E-state index contributed by atoms with van der Waals surface area (Å²) in [6, 6.07) is 1.08. The largest absolute Gasteiger partial charge is 0.338 e. The molecule has 2 heterocycles. The summed E-state index contributed by atoms with van der Waals surface area (Å²) in [5.41, 5.74) is 3.51. The monoisotopic (exact) mass is 509 g/mol. The molecule has 1 spiro atoms. The molecule has 1 saturated heterocycles. The highest BCUT2D eigenvalue weighted by Crippen LogP contribution is 2.68. The first-order valence-corrected chi connectivity index (χ1v) is 15.5. The molecule has 0 N–H and O–H groups in total. The minimum atomic E-state index is 0.177. The normalized spacial score (nSPS) is 41.9. The zero-order valence-electron chi connectivity index (χ0n) is 23.6. The Labute approximate surface area is 222 Å². The molecule has 36 heavy (non-hydrogen) atoms. The molecule has 0 aromatic carbocycles. The van der Waals surface area contributed by atoms with Crippen molar-refractivity contribution in [3.63, 3.8) is 0 Å². The number of rotatable bonds is 3. The first-order chi connectivity index (χ1) is 17.1. The van der Waals surface area contributed by atoms with Crippen molar-refractivity contribution in [2.24, 2.45) is 34.5 Å². The summed E-state index contributed by atoms with van der Waals surface area (Å²) in [6.07, 6.45) is 13.2. The average molecular weight is 510 g/mol. The van der Waals surface area contributed by atoms with Gasteiger partial charge in [0.1, 0.15) is 4.88 Å². The lowest BCUT2D eigenvalue weighted by molar-refractivity contribution is -0.0430. The number of nitrogens with zero attached hydrogens (tertiary/aromatic N) is 3. The Hall–Kier alpha value is -1.20. The van der Waals surface area contributed by atoms with Gasteiger partial charge in [-0.15, -0.1) is 11.3 Å². The van der Waals surface area contributed by atoms with Crippen LogP contribution in [0.5, 0.6) is 0 Å². The van der Waals surface area contributed by atoms with Gasteiger partial charge >= 0.3 is 0 Å². The number of carbonyl (C=O) groups is 1. The average Bonchev–Trinajstić information content (AvgIpc) is 3.49. The molecule has 1 amide bonds. The minimum Gasteiger partial charge on any atom is -0.338 e. The van der Waals surface area contributed by atoms with Crippen LogP contribution in [-0.4, -0.2) is 53.4 Å². The van der Waals surface area contributed by atoms with E-state index in [1.807, 2.05) is 14.0 Å². The Morgan fingerprint density at radius 2 is 1.92 bits per heavy atom. The van der Waals surface area contributed by atoms with Gasteiger partial charge in [-0.05, 0) is 107 Å². The van der Waals surface area contributed by atoms with Crippen molar-refractivity contribution in [3.8, 4) is 0 Å². The molecule has 3 saturated carbocycles. The van der Waals surface area contributed by atoms with Gasteiger partial charge in [-0.3, -0.25) is 4.79 Å². The van der Waals surface area contributed by atoms with Gasteiger partial charge in [0.25, 0.3) is 5.91 Å². The van der Waals surface area contributed by atoms with Crippen molar-refractivity contribution in [1.29, 1.82) is 0 Å². The van der Waals surface area contributed by atoms with Crippen LogP contribution in [0.1, 0.15) is 105 Å². The number of hydrogen-bond donors (Lipinski definition) is 0. The van der Waals surface area contributed by atoms with Crippen molar-refractivity contribution in [3.05, 3.63) is 27.2 Å². The number of allylic oxidation sites excluding steroid dienone is 1. The number of thiazole rings is 1. The molecule has 1 aliphatic heterocycles. The third kappa shape index (κ3) is 3.47. The summed E-state index contributed by atoms with van der Waals surface area (Å²) in [5, 5.41) is 1.08. The van der Waals surface area contributed by atoms with E-state index < -0.39 is 0 Å². The van der Waals surface area contributed by atoms with Crippen LogP contribution in [0.15, 0.2) is 11.6 Å².